The Kier molecular flexibility index (Phi) is 5.82. The van der Waals surface area contributed by atoms with Gasteiger partial charge < -0.3 is 0 Å². The highest BCUT2D eigenvalue weighted by atomic mass is 35.5. The summed E-state index contributed by atoms with van der Waals surface area (Å²) < 4.78 is 0. The highest BCUT2D eigenvalue weighted by molar-refractivity contribution is 7.13. The number of hydrogen-bond acceptors (Lipinski definition) is 5. The molecule has 2 aromatic heterocycles. The molecule has 0 saturated carbocycles. The van der Waals surface area contributed by atoms with Crippen LogP contribution in [0.15, 0.2) is 60.2 Å². The molecule has 0 spiro atoms. The third-order valence-electron chi connectivity index (χ3n) is 4.07. The van der Waals surface area contributed by atoms with Crippen LogP contribution in [0, 0.1) is 0 Å². The molecule has 0 unspecified atom stereocenters. The summed E-state index contributed by atoms with van der Waals surface area (Å²) in [5.41, 5.74) is 2.06. The van der Waals surface area contributed by atoms with Gasteiger partial charge >= 0.3 is 0 Å². The molecule has 1 amide bonds. The smallest absolute Gasteiger partial charge is 0.274 e. The number of thiophene rings is 1. The van der Waals surface area contributed by atoms with Crippen LogP contribution in [-0.4, -0.2) is 26.1 Å². The Balaban J connectivity index is 1.73. The van der Waals surface area contributed by atoms with Crippen molar-refractivity contribution < 1.29 is 4.79 Å². The summed E-state index contributed by atoms with van der Waals surface area (Å²) in [6.07, 6.45) is 1.34. The number of tetrazole rings is 1. The third-order valence-corrected chi connectivity index (χ3v) is 6.14. The van der Waals surface area contributed by atoms with E-state index in [0.29, 0.717) is 37.9 Å². The SMILES string of the molecule is O=C(c1scc(Cn2ncnn2)c1Cl)N(c1ccc(Cl)cc1)c1ccc(Cl)cc1. The molecule has 6 nitrogen and oxygen atoms in total. The monoisotopic (exact) mass is 463 g/mol. The van der Waals surface area contributed by atoms with Gasteiger partial charge in [-0.05, 0) is 59.1 Å². The van der Waals surface area contributed by atoms with Crippen LogP contribution in [0.2, 0.25) is 15.1 Å². The lowest BCUT2D eigenvalue weighted by molar-refractivity contribution is 0.100. The van der Waals surface area contributed by atoms with Crippen molar-refractivity contribution >= 4 is 63.4 Å². The summed E-state index contributed by atoms with van der Waals surface area (Å²) in [7, 11) is 0. The van der Waals surface area contributed by atoms with E-state index in [1.165, 1.54) is 22.5 Å². The molecule has 2 aromatic carbocycles. The van der Waals surface area contributed by atoms with Gasteiger partial charge in [-0.1, -0.05) is 34.8 Å². The maximum atomic E-state index is 13.5. The van der Waals surface area contributed by atoms with Gasteiger partial charge in [0, 0.05) is 27.0 Å². The Morgan fingerprint density at radius 1 is 0.966 bits per heavy atom. The van der Waals surface area contributed by atoms with Crippen molar-refractivity contribution in [1.29, 1.82) is 0 Å². The molecule has 0 aliphatic carbocycles. The Hall–Kier alpha value is -2.45. The van der Waals surface area contributed by atoms with Gasteiger partial charge in [0.25, 0.3) is 5.91 Å². The molecule has 2 heterocycles. The molecular weight excluding hydrogens is 453 g/mol. The molecule has 0 atom stereocenters. The fraction of sp³-hybridized carbons (Fsp3) is 0.0526. The van der Waals surface area contributed by atoms with Crippen LogP contribution in [0.1, 0.15) is 15.2 Å². The number of aromatic nitrogens is 4. The summed E-state index contributed by atoms with van der Waals surface area (Å²) in [4.78, 5) is 16.9. The number of anilines is 2. The van der Waals surface area contributed by atoms with Gasteiger partial charge in [-0.3, -0.25) is 9.69 Å². The second-order valence-electron chi connectivity index (χ2n) is 5.96. The zero-order chi connectivity index (χ0) is 20.4. The lowest BCUT2D eigenvalue weighted by Crippen LogP contribution is -2.25. The Bertz CT molecular complexity index is 1080. The summed E-state index contributed by atoms with van der Waals surface area (Å²) in [6, 6.07) is 14.0. The van der Waals surface area contributed by atoms with Crippen molar-refractivity contribution in [2.45, 2.75) is 6.54 Å². The van der Waals surface area contributed by atoms with E-state index < -0.39 is 0 Å². The molecule has 29 heavy (non-hydrogen) atoms. The molecule has 4 rings (SSSR count). The molecule has 0 bridgehead atoms. The molecule has 0 fully saturated rings. The van der Waals surface area contributed by atoms with Crippen LogP contribution in [0.5, 0.6) is 0 Å². The zero-order valence-electron chi connectivity index (χ0n) is 14.7. The number of nitrogens with zero attached hydrogens (tertiary/aromatic N) is 5. The molecular formula is C19H12Cl3N5OS. The van der Waals surface area contributed by atoms with E-state index in [1.54, 1.807) is 53.4 Å². The van der Waals surface area contributed by atoms with Crippen molar-refractivity contribution in [3.63, 3.8) is 0 Å². The van der Waals surface area contributed by atoms with Gasteiger partial charge in [0.2, 0.25) is 0 Å². The molecule has 0 aliphatic rings. The van der Waals surface area contributed by atoms with E-state index in [1.807, 2.05) is 5.38 Å². The quantitative estimate of drug-likeness (QED) is 0.379. The molecule has 146 valence electrons. The molecule has 10 heteroatoms. The van der Waals surface area contributed by atoms with Crippen LogP contribution < -0.4 is 4.90 Å². The van der Waals surface area contributed by atoms with Crippen LogP contribution in [0.25, 0.3) is 0 Å². The summed E-state index contributed by atoms with van der Waals surface area (Å²) in [6.45, 7) is 0.324. The minimum absolute atomic E-state index is 0.262. The standard InChI is InChI=1S/C19H12Cl3N5OS/c20-13-1-5-15(6-2-13)27(16-7-3-14(21)4-8-16)19(28)18-17(22)12(10-29-18)9-26-24-11-23-25-26/h1-8,10-11H,9H2. The average molecular weight is 465 g/mol. The number of amides is 1. The topological polar surface area (TPSA) is 63.9 Å². The fourth-order valence-electron chi connectivity index (χ4n) is 2.71. The predicted molar refractivity (Wildman–Crippen MR) is 116 cm³/mol. The second kappa shape index (κ2) is 8.51. The van der Waals surface area contributed by atoms with Crippen molar-refractivity contribution in [3.8, 4) is 0 Å². The lowest BCUT2D eigenvalue weighted by atomic mass is 10.2. The molecule has 0 aliphatic heterocycles. The first-order valence-corrected chi connectivity index (χ1v) is 10.4. The Labute approximate surface area is 185 Å². The van der Waals surface area contributed by atoms with Gasteiger partial charge in [-0.2, -0.15) is 4.80 Å². The molecule has 0 saturated heterocycles. The van der Waals surface area contributed by atoms with E-state index in [4.69, 9.17) is 34.8 Å². The highest BCUT2D eigenvalue weighted by Gasteiger charge is 2.25. The van der Waals surface area contributed by atoms with E-state index in [0.717, 1.165) is 5.56 Å². The van der Waals surface area contributed by atoms with Crippen molar-refractivity contribution in [2.24, 2.45) is 0 Å². The van der Waals surface area contributed by atoms with E-state index in [9.17, 15) is 4.79 Å². The third kappa shape index (κ3) is 4.28. The first-order chi connectivity index (χ1) is 14.0. The summed E-state index contributed by atoms with van der Waals surface area (Å²) in [5, 5.41) is 14.8. The number of carbonyl (C=O) groups excluding carboxylic acids is 1. The van der Waals surface area contributed by atoms with Gasteiger partial charge in [-0.25, -0.2) is 0 Å². The lowest BCUT2D eigenvalue weighted by Gasteiger charge is -2.23. The Morgan fingerprint density at radius 2 is 1.55 bits per heavy atom. The molecule has 0 radical (unpaired) electrons. The van der Waals surface area contributed by atoms with Crippen molar-refractivity contribution in [2.75, 3.05) is 4.90 Å². The first kappa shape index (κ1) is 19.8. The largest absolute Gasteiger partial charge is 0.276 e. The number of rotatable bonds is 5. The number of benzene rings is 2. The maximum Gasteiger partial charge on any atom is 0.274 e. The minimum Gasteiger partial charge on any atom is -0.276 e. The van der Waals surface area contributed by atoms with Crippen LogP contribution in [-0.2, 0) is 6.54 Å². The van der Waals surface area contributed by atoms with Crippen molar-refractivity contribution in [3.05, 3.63) is 85.7 Å². The van der Waals surface area contributed by atoms with Crippen LogP contribution in [0.3, 0.4) is 0 Å². The van der Waals surface area contributed by atoms with Gasteiger partial charge in [0.1, 0.15) is 4.88 Å². The first-order valence-electron chi connectivity index (χ1n) is 8.35. The maximum absolute atomic E-state index is 13.5. The highest BCUT2D eigenvalue weighted by Crippen LogP contribution is 2.35. The second-order valence-corrected chi connectivity index (χ2v) is 8.09. The van der Waals surface area contributed by atoms with Gasteiger partial charge in [-0.15, -0.1) is 21.5 Å². The normalized spacial score (nSPS) is 10.9. The molecule has 0 N–H and O–H groups in total. The number of hydrogen-bond donors (Lipinski definition) is 0. The predicted octanol–water partition coefficient (Wildman–Crippen LogP) is 5.72. The van der Waals surface area contributed by atoms with Crippen LogP contribution >= 0.6 is 46.1 Å². The Morgan fingerprint density at radius 3 is 2.07 bits per heavy atom. The van der Waals surface area contributed by atoms with Crippen molar-refractivity contribution in [1.82, 2.24) is 20.2 Å². The van der Waals surface area contributed by atoms with Gasteiger partial charge in [0.15, 0.2) is 6.33 Å². The minimum atomic E-state index is -0.262. The number of halogens is 3. The summed E-state index contributed by atoms with van der Waals surface area (Å²) >= 11 is 19.8. The zero-order valence-corrected chi connectivity index (χ0v) is 17.8. The van der Waals surface area contributed by atoms with Crippen LogP contribution in [0.4, 0.5) is 11.4 Å². The number of carbonyl (C=O) groups is 1. The van der Waals surface area contributed by atoms with E-state index >= 15 is 0 Å². The van der Waals surface area contributed by atoms with E-state index in [2.05, 4.69) is 15.4 Å². The fourth-order valence-corrected chi connectivity index (χ4v) is 4.23. The average Bonchev–Trinajstić information content (AvgIpc) is 3.36. The van der Waals surface area contributed by atoms with E-state index in [-0.39, 0.29) is 5.91 Å². The summed E-state index contributed by atoms with van der Waals surface area (Å²) in [5.74, 6) is -0.262. The molecule has 4 aromatic rings. The van der Waals surface area contributed by atoms with Gasteiger partial charge in [0.05, 0.1) is 11.6 Å².